The number of carbonyl (C=O) groups is 2. The van der Waals surface area contributed by atoms with E-state index in [1.807, 2.05) is 6.92 Å². The summed E-state index contributed by atoms with van der Waals surface area (Å²) in [6, 6.07) is 0. The molecule has 0 unspecified atom stereocenters. The molecule has 1 saturated heterocycles. The number of carbonyl (C=O) groups excluding carboxylic acids is 2. The fourth-order valence-electron chi connectivity index (χ4n) is 1.44. The summed E-state index contributed by atoms with van der Waals surface area (Å²) in [5.74, 6) is -0.325. The van der Waals surface area contributed by atoms with E-state index in [0.29, 0.717) is 6.42 Å². The van der Waals surface area contributed by atoms with E-state index in [2.05, 4.69) is 0 Å². The quantitative estimate of drug-likeness (QED) is 0.614. The molecule has 1 rings (SSSR count). The molecule has 1 aliphatic heterocycles. The third-order valence-corrected chi connectivity index (χ3v) is 2.21. The molecule has 13 heavy (non-hydrogen) atoms. The van der Waals surface area contributed by atoms with Crippen molar-refractivity contribution >= 4 is 11.9 Å². The zero-order chi connectivity index (χ0) is 9.84. The summed E-state index contributed by atoms with van der Waals surface area (Å²) in [7, 11) is 0. The summed E-state index contributed by atoms with van der Waals surface area (Å²) in [6.45, 7) is 3.53. The Morgan fingerprint density at radius 1 is 1.69 bits per heavy atom. The van der Waals surface area contributed by atoms with Crippen LogP contribution < -0.4 is 0 Å². The predicted octanol–water partition coefficient (Wildman–Crippen LogP) is 0.891. The molecule has 1 aliphatic rings. The van der Waals surface area contributed by atoms with Crippen LogP contribution in [0, 0.1) is 5.92 Å². The van der Waals surface area contributed by atoms with Gasteiger partial charge in [-0.25, -0.2) is 0 Å². The maximum absolute atomic E-state index is 10.9. The Morgan fingerprint density at radius 3 is 2.92 bits per heavy atom. The van der Waals surface area contributed by atoms with Crippen LogP contribution in [0.4, 0.5) is 0 Å². The standard InChI is InChI=1S/C9H14O4/c1-3-7-4-9(11)13-8(7)5-12-6(2)10/h7-8H,3-5H2,1-2H3/t7-,8-/m1/s1. The summed E-state index contributed by atoms with van der Waals surface area (Å²) in [5.41, 5.74) is 0. The zero-order valence-electron chi connectivity index (χ0n) is 7.91. The van der Waals surface area contributed by atoms with Crippen molar-refractivity contribution in [1.29, 1.82) is 0 Å². The highest BCUT2D eigenvalue weighted by molar-refractivity contribution is 5.72. The van der Waals surface area contributed by atoms with Gasteiger partial charge in [-0.3, -0.25) is 9.59 Å². The molecule has 0 aliphatic carbocycles. The molecule has 0 aromatic rings. The highest BCUT2D eigenvalue weighted by atomic mass is 16.6. The molecule has 0 saturated carbocycles. The predicted molar refractivity (Wildman–Crippen MR) is 44.9 cm³/mol. The average molecular weight is 186 g/mol. The van der Waals surface area contributed by atoms with Crippen LogP contribution in [-0.2, 0) is 19.1 Å². The van der Waals surface area contributed by atoms with Crippen molar-refractivity contribution in [2.45, 2.75) is 32.8 Å². The number of esters is 2. The van der Waals surface area contributed by atoms with E-state index in [1.165, 1.54) is 6.92 Å². The van der Waals surface area contributed by atoms with Crippen LogP contribution in [-0.4, -0.2) is 24.6 Å². The van der Waals surface area contributed by atoms with E-state index >= 15 is 0 Å². The Kier molecular flexibility index (Phi) is 3.28. The minimum Gasteiger partial charge on any atom is -0.462 e. The largest absolute Gasteiger partial charge is 0.462 e. The molecule has 0 N–H and O–H groups in total. The molecular formula is C9H14O4. The Bertz CT molecular complexity index is 212. The first kappa shape index (κ1) is 10.0. The molecule has 0 bridgehead atoms. The van der Waals surface area contributed by atoms with Crippen LogP contribution in [0.25, 0.3) is 0 Å². The van der Waals surface area contributed by atoms with Gasteiger partial charge in [0.1, 0.15) is 12.7 Å². The maximum Gasteiger partial charge on any atom is 0.306 e. The number of hydrogen-bond acceptors (Lipinski definition) is 4. The Hall–Kier alpha value is -1.06. The molecule has 0 spiro atoms. The van der Waals surface area contributed by atoms with Gasteiger partial charge < -0.3 is 9.47 Å². The Labute approximate surface area is 77.2 Å². The second kappa shape index (κ2) is 4.25. The smallest absolute Gasteiger partial charge is 0.306 e. The first-order valence-electron chi connectivity index (χ1n) is 4.46. The fraction of sp³-hybridized carbons (Fsp3) is 0.778. The van der Waals surface area contributed by atoms with Gasteiger partial charge in [0.15, 0.2) is 0 Å². The van der Waals surface area contributed by atoms with Gasteiger partial charge in [-0.1, -0.05) is 6.92 Å². The SMILES string of the molecule is CC[C@@H]1CC(=O)O[C@@H]1COC(C)=O. The maximum atomic E-state index is 10.9. The van der Waals surface area contributed by atoms with Gasteiger partial charge in [0.25, 0.3) is 0 Å². The minimum absolute atomic E-state index is 0.191. The van der Waals surface area contributed by atoms with Crippen LogP contribution in [0.5, 0.6) is 0 Å². The lowest BCUT2D eigenvalue weighted by atomic mass is 9.99. The molecule has 2 atom stereocenters. The van der Waals surface area contributed by atoms with E-state index in [-0.39, 0.29) is 30.6 Å². The molecule has 74 valence electrons. The van der Waals surface area contributed by atoms with Crippen molar-refractivity contribution in [1.82, 2.24) is 0 Å². The second-order valence-corrected chi connectivity index (χ2v) is 3.20. The van der Waals surface area contributed by atoms with Crippen LogP contribution in [0.1, 0.15) is 26.7 Å². The van der Waals surface area contributed by atoms with Crippen LogP contribution in [0.2, 0.25) is 0 Å². The topological polar surface area (TPSA) is 52.6 Å². The van der Waals surface area contributed by atoms with Crippen molar-refractivity contribution in [2.24, 2.45) is 5.92 Å². The average Bonchev–Trinajstić information content (AvgIpc) is 2.42. The van der Waals surface area contributed by atoms with Crippen LogP contribution >= 0.6 is 0 Å². The van der Waals surface area contributed by atoms with E-state index in [9.17, 15) is 9.59 Å². The van der Waals surface area contributed by atoms with Crippen molar-refractivity contribution in [2.75, 3.05) is 6.61 Å². The summed E-state index contributed by atoms with van der Waals surface area (Å²) < 4.78 is 9.79. The van der Waals surface area contributed by atoms with Gasteiger partial charge in [0.05, 0.1) is 6.42 Å². The molecule has 4 nitrogen and oxygen atoms in total. The second-order valence-electron chi connectivity index (χ2n) is 3.20. The third kappa shape index (κ3) is 2.72. The number of hydrogen-bond donors (Lipinski definition) is 0. The monoisotopic (exact) mass is 186 g/mol. The van der Waals surface area contributed by atoms with E-state index in [1.54, 1.807) is 0 Å². The van der Waals surface area contributed by atoms with Crippen molar-refractivity contribution in [3.63, 3.8) is 0 Å². The van der Waals surface area contributed by atoms with E-state index < -0.39 is 0 Å². The third-order valence-electron chi connectivity index (χ3n) is 2.21. The van der Waals surface area contributed by atoms with Gasteiger partial charge in [-0.2, -0.15) is 0 Å². The van der Waals surface area contributed by atoms with Gasteiger partial charge in [0, 0.05) is 12.8 Å². The van der Waals surface area contributed by atoms with Gasteiger partial charge >= 0.3 is 11.9 Å². The first-order valence-corrected chi connectivity index (χ1v) is 4.46. The molecule has 1 heterocycles. The highest BCUT2D eigenvalue weighted by Gasteiger charge is 2.33. The highest BCUT2D eigenvalue weighted by Crippen LogP contribution is 2.25. The van der Waals surface area contributed by atoms with Crippen molar-refractivity contribution in [3.8, 4) is 0 Å². The zero-order valence-corrected chi connectivity index (χ0v) is 7.91. The minimum atomic E-state index is -0.335. The first-order chi connectivity index (χ1) is 6.13. The van der Waals surface area contributed by atoms with E-state index in [4.69, 9.17) is 9.47 Å². The van der Waals surface area contributed by atoms with Gasteiger partial charge in [0.2, 0.25) is 0 Å². The summed E-state index contributed by atoms with van der Waals surface area (Å²) in [5, 5.41) is 0. The molecule has 0 aromatic carbocycles. The van der Waals surface area contributed by atoms with E-state index in [0.717, 1.165) is 6.42 Å². The molecule has 0 aromatic heterocycles. The van der Waals surface area contributed by atoms with Crippen molar-refractivity contribution < 1.29 is 19.1 Å². The van der Waals surface area contributed by atoms with Crippen LogP contribution in [0.3, 0.4) is 0 Å². The van der Waals surface area contributed by atoms with Gasteiger partial charge in [-0.15, -0.1) is 0 Å². The Balaban J connectivity index is 2.39. The van der Waals surface area contributed by atoms with Gasteiger partial charge in [-0.05, 0) is 6.42 Å². The molecule has 4 heteroatoms. The molecule has 1 fully saturated rings. The normalized spacial score (nSPS) is 27.1. The number of ether oxygens (including phenoxy) is 2. The fourth-order valence-corrected chi connectivity index (χ4v) is 1.44. The summed E-state index contributed by atoms with van der Waals surface area (Å²) in [6.07, 6.45) is 1.08. The van der Waals surface area contributed by atoms with Crippen molar-refractivity contribution in [3.05, 3.63) is 0 Å². The molecule has 0 amide bonds. The summed E-state index contributed by atoms with van der Waals surface area (Å²) >= 11 is 0. The lowest BCUT2D eigenvalue weighted by Gasteiger charge is -2.14. The number of rotatable bonds is 3. The molecular weight excluding hydrogens is 172 g/mol. The number of cyclic esters (lactones) is 1. The summed E-state index contributed by atoms with van der Waals surface area (Å²) in [4.78, 5) is 21.4. The molecule has 0 radical (unpaired) electrons. The van der Waals surface area contributed by atoms with Crippen LogP contribution in [0.15, 0.2) is 0 Å². The lowest BCUT2D eigenvalue weighted by molar-refractivity contribution is -0.152. The lowest BCUT2D eigenvalue weighted by Crippen LogP contribution is -2.23. The Morgan fingerprint density at radius 2 is 2.38 bits per heavy atom.